The number of rotatable bonds is 5. The third-order valence-electron chi connectivity index (χ3n) is 10.9. The van der Waals surface area contributed by atoms with Gasteiger partial charge in [-0.15, -0.1) is 0 Å². The maximum absolute atomic E-state index is 9.05. The summed E-state index contributed by atoms with van der Waals surface area (Å²) in [6.45, 7) is 0. The van der Waals surface area contributed by atoms with E-state index in [0.29, 0.717) is 28.4 Å². The summed E-state index contributed by atoms with van der Waals surface area (Å²) < 4.78 is 54.1. The van der Waals surface area contributed by atoms with E-state index in [1.807, 2.05) is 108 Å². The topological polar surface area (TPSA) is 61.7 Å². The minimum absolute atomic E-state index is 0.0893. The van der Waals surface area contributed by atoms with Crippen LogP contribution in [0.5, 0.6) is 0 Å². The number of fused-ring (bicyclic) bond motifs is 9. The molecule has 57 heavy (non-hydrogen) atoms. The number of para-hydroxylation sites is 4. The number of hydrogen-bond acceptors (Lipinski definition) is 4. The van der Waals surface area contributed by atoms with E-state index >= 15 is 0 Å². The van der Waals surface area contributed by atoms with Crippen molar-refractivity contribution in [3.8, 4) is 45.5 Å². The van der Waals surface area contributed by atoms with Crippen LogP contribution in [0.1, 0.15) is 6.85 Å². The lowest BCUT2D eigenvalue weighted by molar-refractivity contribution is 0.669. The molecule has 6 nitrogen and oxygen atoms in total. The molecule has 0 fully saturated rings. The Morgan fingerprint density at radius 3 is 1.75 bits per heavy atom. The van der Waals surface area contributed by atoms with Crippen molar-refractivity contribution in [1.82, 2.24) is 24.1 Å². The van der Waals surface area contributed by atoms with E-state index in [1.165, 1.54) is 0 Å². The maximum Gasteiger partial charge on any atom is 0.240 e. The van der Waals surface area contributed by atoms with E-state index < -0.39 is 18.1 Å². The van der Waals surface area contributed by atoms with Crippen molar-refractivity contribution in [2.45, 2.75) is 0 Å². The van der Waals surface area contributed by atoms with E-state index in [0.717, 1.165) is 71.1 Å². The molecule has 4 aromatic heterocycles. The number of benzene rings is 8. The molecule has 0 aliphatic carbocycles. The van der Waals surface area contributed by atoms with Gasteiger partial charge in [-0.2, -0.15) is 15.0 Å². The minimum atomic E-state index is -0.453. The highest BCUT2D eigenvalue weighted by atomic mass is 16.3. The number of nitrogens with zero attached hydrogens (tertiary/aromatic N) is 5. The predicted octanol–water partition coefficient (Wildman–Crippen LogP) is 13.0. The first-order chi connectivity index (χ1) is 30.4. The van der Waals surface area contributed by atoms with Crippen molar-refractivity contribution in [2.24, 2.45) is 0 Å². The summed E-state index contributed by atoms with van der Waals surface area (Å²) in [4.78, 5) is 16.0. The normalized spacial score (nSPS) is 13.1. The van der Waals surface area contributed by atoms with Crippen LogP contribution in [0.4, 0.5) is 0 Å². The molecule has 0 aliphatic rings. The quantitative estimate of drug-likeness (QED) is 0.177. The second kappa shape index (κ2) is 12.3. The second-order valence-electron chi connectivity index (χ2n) is 14.0. The summed E-state index contributed by atoms with van der Waals surface area (Å²) in [6.07, 6.45) is 0. The maximum atomic E-state index is 9.05. The van der Waals surface area contributed by atoms with Gasteiger partial charge in [0.15, 0.2) is 5.82 Å². The SMILES string of the molecule is [2H]c1c([2H])c([2H])c(-c2cccc3c4ccccc4n(-c4nc(-c5cccc6oc7ccc(-c8ccccc8)cc7c56)nc(-n5c6ccccc6c6ccccc65)n4)c23)c([2H])c1[2H]. The fraction of sp³-hybridized carbons (Fsp3) is 0. The second-order valence-corrected chi connectivity index (χ2v) is 14.0. The molecule has 0 amide bonds. The Balaban J connectivity index is 1.22. The Hall–Kier alpha value is -7.83. The summed E-state index contributed by atoms with van der Waals surface area (Å²) in [5.41, 5.74) is 8.02. The lowest BCUT2D eigenvalue weighted by Gasteiger charge is -2.14. The van der Waals surface area contributed by atoms with E-state index in [1.54, 1.807) is 6.07 Å². The van der Waals surface area contributed by atoms with Crippen LogP contribution in [0.2, 0.25) is 0 Å². The Bertz CT molecular complexity index is 3750. The lowest BCUT2D eigenvalue weighted by atomic mass is 10.0. The summed E-state index contributed by atoms with van der Waals surface area (Å²) in [5, 5.41) is 5.55. The van der Waals surface area contributed by atoms with Gasteiger partial charge in [-0.3, -0.25) is 9.13 Å². The van der Waals surface area contributed by atoms with Gasteiger partial charge in [0.1, 0.15) is 11.2 Å². The molecule has 12 rings (SSSR count). The van der Waals surface area contributed by atoms with Crippen LogP contribution < -0.4 is 0 Å². The fourth-order valence-electron chi connectivity index (χ4n) is 8.45. The zero-order valence-corrected chi connectivity index (χ0v) is 30.2. The van der Waals surface area contributed by atoms with Crippen molar-refractivity contribution in [3.63, 3.8) is 0 Å². The third kappa shape index (κ3) is 4.81. The highest BCUT2D eigenvalue weighted by molar-refractivity contribution is 6.15. The average molecular weight is 735 g/mol. The average Bonchev–Trinajstić information content (AvgIpc) is 3.98. The first-order valence-corrected chi connectivity index (χ1v) is 18.7. The van der Waals surface area contributed by atoms with Crippen molar-refractivity contribution in [1.29, 1.82) is 0 Å². The summed E-state index contributed by atoms with van der Waals surface area (Å²) >= 11 is 0. The van der Waals surface area contributed by atoms with Gasteiger partial charge in [-0.25, -0.2) is 0 Å². The monoisotopic (exact) mass is 734 g/mol. The Kier molecular flexibility index (Phi) is 5.82. The highest BCUT2D eigenvalue weighted by Crippen LogP contribution is 2.41. The van der Waals surface area contributed by atoms with Gasteiger partial charge in [-0.05, 0) is 53.1 Å². The van der Waals surface area contributed by atoms with Gasteiger partial charge in [0.05, 0.1) is 28.9 Å². The standard InChI is InChI=1S/C51H31N5O/c1-3-15-32(16-4-1)34-29-30-45-41(31-34)47-40(24-14-28-46(47)57-45)49-52-50(55-42-25-10-7-19-36(42)37-20-8-11-26-43(37)55)54-51(53-49)56-44-27-12-9-21-38(44)39-23-13-22-35(48(39)56)33-17-5-2-6-18-33/h1-31H/i2D,5D,6D,17D,18D. The van der Waals surface area contributed by atoms with E-state index in [-0.39, 0.29) is 23.6 Å². The van der Waals surface area contributed by atoms with Crippen molar-refractivity contribution >= 4 is 65.6 Å². The minimum Gasteiger partial charge on any atom is -0.456 e. The van der Waals surface area contributed by atoms with Gasteiger partial charge in [0.2, 0.25) is 11.9 Å². The Morgan fingerprint density at radius 2 is 1.02 bits per heavy atom. The Morgan fingerprint density at radius 1 is 0.421 bits per heavy atom. The van der Waals surface area contributed by atoms with Crippen molar-refractivity contribution in [3.05, 3.63) is 188 Å². The van der Waals surface area contributed by atoms with E-state index in [4.69, 9.17) is 26.2 Å². The van der Waals surface area contributed by atoms with E-state index in [2.05, 4.69) is 53.1 Å². The molecule has 6 heteroatoms. The van der Waals surface area contributed by atoms with Crippen molar-refractivity contribution < 1.29 is 11.3 Å². The van der Waals surface area contributed by atoms with Crippen LogP contribution in [0, 0.1) is 0 Å². The van der Waals surface area contributed by atoms with Gasteiger partial charge < -0.3 is 4.42 Å². The molecule has 0 bridgehead atoms. The first-order valence-electron chi connectivity index (χ1n) is 21.2. The molecule has 12 aromatic rings. The van der Waals surface area contributed by atoms with Crippen LogP contribution in [0.3, 0.4) is 0 Å². The molecule has 266 valence electrons. The van der Waals surface area contributed by atoms with Crippen LogP contribution in [0.15, 0.2) is 192 Å². The van der Waals surface area contributed by atoms with E-state index in [9.17, 15) is 0 Å². The van der Waals surface area contributed by atoms with Crippen LogP contribution >= 0.6 is 0 Å². The van der Waals surface area contributed by atoms with Gasteiger partial charge in [0, 0.05) is 43.4 Å². The first kappa shape index (κ1) is 26.9. The molecule has 0 aliphatic heterocycles. The number of hydrogen-bond donors (Lipinski definition) is 0. The molecular weight excluding hydrogens is 699 g/mol. The number of furan rings is 1. The molecule has 0 spiro atoms. The molecule has 0 saturated heterocycles. The third-order valence-corrected chi connectivity index (χ3v) is 10.9. The molecule has 0 unspecified atom stereocenters. The van der Waals surface area contributed by atoms with Crippen molar-refractivity contribution in [2.75, 3.05) is 0 Å². The Labute approximate surface area is 333 Å². The van der Waals surface area contributed by atoms with Gasteiger partial charge >= 0.3 is 0 Å². The lowest BCUT2D eigenvalue weighted by Crippen LogP contribution is -2.10. The summed E-state index contributed by atoms with van der Waals surface area (Å²) in [6, 6.07) is 50.4. The van der Waals surface area contributed by atoms with Gasteiger partial charge in [0.25, 0.3) is 0 Å². The molecule has 0 saturated carbocycles. The zero-order valence-electron chi connectivity index (χ0n) is 35.2. The summed E-state index contributed by atoms with van der Waals surface area (Å²) in [7, 11) is 0. The molecule has 8 aromatic carbocycles. The zero-order chi connectivity index (χ0) is 41.8. The molecule has 0 N–H and O–H groups in total. The van der Waals surface area contributed by atoms with Crippen LogP contribution in [-0.2, 0) is 0 Å². The molecule has 0 radical (unpaired) electrons. The number of aromatic nitrogens is 5. The fourth-order valence-corrected chi connectivity index (χ4v) is 8.45. The molecule has 4 heterocycles. The smallest absolute Gasteiger partial charge is 0.240 e. The summed E-state index contributed by atoms with van der Waals surface area (Å²) in [5.74, 6) is 1.06. The van der Waals surface area contributed by atoms with Crippen LogP contribution in [-0.4, -0.2) is 24.1 Å². The largest absolute Gasteiger partial charge is 0.456 e. The predicted molar refractivity (Wildman–Crippen MR) is 232 cm³/mol. The molecule has 0 atom stereocenters. The van der Waals surface area contributed by atoms with Crippen LogP contribution in [0.25, 0.3) is 111 Å². The molecular formula is C51H31N5O. The highest BCUT2D eigenvalue weighted by Gasteiger charge is 2.23. The van der Waals surface area contributed by atoms with Gasteiger partial charge in [-0.1, -0.05) is 152 Å².